The van der Waals surface area contributed by atoms with Crippen molar-refractivity contribution in [1.29, 1.82) is 0 Å². The van der Waals surface area contributed by atoms with Crippen molar-refractivity contribution in [3.63, 3.8) is 0 Å². The lowest BCUT2D eigenvalue weighted by Gasteiger charge is -2.35. The molecule has 1 aromatic rings. The highest BCUT2D eigenvalue weighted by Crippen LogP contribution is 2.19. The Morgan fingerprint density at radius 3 is 2.80 bits per heavy atom. The van der Waals surface area contributed by atoms with E-state index >= 15 is 0 Å². The summed E-state index contributed by atoms with van der Waals surface area (Å²) in [5.41, 5.74) is 1.20. The fourth-order valence-electron chi connectivity index (χ4n) is 2.61. The first-order valence-electron chi connectivity index (χ1n) is 6.86. The zero-order chi connectivity index (χ0) is 14.5. The average Bonchev–Trinajstić information content (AvgIpc) is 2.43. The summed E-state index contributed by atoms with van der Waals surface area (Å²) in [5.74, 6) is -0.860. The third kappa shape index (κ3) is 3.57. The van der Waals surface area contributed by atoms with Gasteiger partial charge in [-0.05, 0) is 11.5 Å². The van der Waals surface area contributed by atoms with Gasteiger partial charge in [-0.3, -0.25) is 14.5 Å². The fourth-order valence-corrected chi connectivity index (χ4v) is 2.61. The molecule has 5 nitrogen and oxygen atoms in total. The second-order valence-corrected chi connectivity index (χ2v) is 5.21. The zero-order valence-corrected chi connectivity index (χ0v) is 11.6. The molecule has 0 aromatic heterocycles. The van der Waals surface area contributed by atoms with Gasteiger partial charge in [-0.15, -0.1) is 0 Å². The van der Waals surface area contributed by atoms with Crippen molar-refractivity contribution in [3.05, 3.63) is 35.9 Å². The summed E-state index contributed by atoms with van der Waals surface area (Å²) in [4.78, 5) is 24.7. The molecule has 2 atom stereocenters. The highest BCUT2D eigenvalue weighted by molar-refractivity contribution is 5.86. The van der Waals surface area contributed by atoms with Gasteiger partial charge in [-0.2, -0.15) is 0 Å². The van der Waals surface area contributed by atoms with Crippen molar-refractivity contribution in [2.45, 2.75) is 25.3 Å². The number of benzene rings is 1. The first-order valence-corrected chi connectivity index (χ1v) is 6.86. The molecule has 2 N–H and O–H groups in total. The lowest BCUT2D eigenvalue weighted by molar-refractivity contribution is -0.143. The van der Waals surface area contributed by atoms with E-state index in [1.807, 2.05) is 23.1 Å². The predicted octanol–water partition coefficient (Wildman–Crippen LogP) is 1.07. The molecule has 1 amide bonds. The molecule has 0 bridgehead atoms. The molecule has 108 valence electrons. The predicted molar refractivity (Wildman–Crippen MR) is 75.5 cm³/mol. The van der Waals surface area contributed by atoms with Gasteiger partial charge in [0, 0.05) is 19.6 Å². The Morgan fingerprint density at radius 1 is 1.45 bits per heavy atom. The molecule has 2 rings (SSSR count). The Kier molecular flexibility index (Phi) is 4.74. The molecule has 1 aliphatic heterocycles. The number of nitrogens with one attached hydrogen (secondary N) is 1. The molecule has 2 unspecified atom stereocenters. The molecule has 1 aromatic carbocycles. The molecule has 0 spiro atoms. The van der Waals surface area contributed by atoms with Crippen LogP contribution in [0.4, 0.5) is 0 Å². The summed E-state index contributed by atoms with van der Waals surface area (Å²) in [5, 5.41) is 11.7. The maximum Gasteiger partial charge on any atom is 0.305 e. The zero-order valence-electron chi connectivity index (χ0n) is 11.6. The number of aliphatic carboxylic acids is 1. The first-order chi connectivity index (χ1) is 9.58. The number of amides is 1. The number of carbonyl (C=O) groups is 2. The second-order valence-electron chi connectivity index (χ2n) is 5.21. The molecule has 5 heteroatoms. The Hall–Kier alpha value is -1.88. The van der Waals surface area contributed by atoms with E-state index in [1.165, 1.54) is 5.56 Å². The first kappa shape index (κ1) is 14.5. The Morgan fingerprint density at radius 2 is 2.15 bits per heavy atom. The van der Waals surface area contributed by atoms with Gasteiger partial charge >= 0.3 is 5.97 Å². The summed E-state index contributed by atoms with van der Waals surface area (Å²) in [6.07, 6.45) is -0.145. The van der Waals surface area contributed by atoms with Crippen molar-refractivity contribution < 1.29 is 14.7 Å². The van der Waals surface area contributed by atoms with Gasteiger partial charge in [-0.25, -0.2) is 0 Å². The normalized spacial score (nSPS) is 21.2. The van der Waals surface area contributed by atoms with E-state index in [1.54, 1.807) is 0 Å². The second kappa shape index (κ2) is 6.52. The molecule has 1 fully saturated rings. The van der Waals surface area contributed by atoms with Crippen molar-refractivity contribution >= 4 is 11.9 Å². The molecule has 1 aliphatic rings. The standard InChI is InChI=1S/C15H20N2O3/c1-11(12-5-3-2-4-6-12)10-17-8-7-16-15(20)13(17)9-14(18)19/h2-6,11,13H,7-10H2,1H3,(H,16,20)(H,18,19). The van der Waals surface area contributed by atoms with E-state index < -0.39 is 12.0 Å². The van der Waals surface area contributed by atoms with Crippen LogP contribution in [0.25, 0.3) is 0 Å². The molecule has 0 saturated carbocycles. The number of hydrogen-bond acceptors (Lipinski definition) is 3. The van der Waals surface area contributed by atoms with Gasteiger partial charge in [-0.1, -0.05) is 37.3 Å². The Labute approximate surface area is 118 Å². The van der Waals surface area contributed by atoms with E-state index in [4.69, 9.17) is 5.11 Å². The van der Waals surface area contributed by atoms with Crippen LogP contribution in [0.3, 0.4) is 0 Å². The van der Waals surface area contributed by atoms with Crippen molar-refractivity contribution in [2.24, 2.45) is 0 Å². The summed E-state index contributed by atoms with van der Waals surface area (Å²) in [6, 6.07) is 9.50. The SMILES string of the molecule is CC(CN1CCNC(=O)C1CC(=O)O)c1ccccc1. The largest absolute Gasteiger partial charge is 0.481 e. The number of carboxylic acids is 1. The monoisotopic (exact) mass is 276 g/mol. The summed E-state index contributed by atoms with van der Waals surface area (Å²) >= 11 is 0. The Bertz CT molecular complexity index is 475. The van der Waals surface area contributed by atoms with Crippen LogP contribution in [0.2, 0.25) is 0 Å². The van der Waals surface area contributed by atoms with Crippen LogP contribution in [0, 0.1) is 0 Å². The van der Waals surface area contributed by atoms with Crippen LogP contribution in [-0.4, -0.2) is 47.6 Å². The minimum atomic E-state index is -0.940. The smallest absolute Gasteiger partial charge is 0.305 e. The molecule has 1 saturated heterocycles. The highest BCUT2D eigenvalue weighted by atomic mass is 16.4. The van der Waals surface area contributed by atoms with Crippen LogP contribution in [0.5, 0.6) is 0 Å². The minimum Gasteiger partial charge on any atom is -0.481 e. The molecular formula is C15H20N2O3. The maximum absolute atomic E-state index is 11.8. The average molecular weight is 276 g/mol. The number of hydrogen-bond donors (Lipinski definition) is 2. The highest BCUT2D eigenvalue weighted by Gasteiger charge is 2.32. The van der Waals surface area contributed by atoms with E-state index in [0.717, 1.165) is 0 Å². The summed E-state index contributed by atoms with van der Waals surface area (Å²) in [6.45, 7) is 4.06. The van der Waals surface area contributed by atoms with Gasteiger partial charge in [0.15, 0.2) is 0 Å². The van der Waals surface area contributed by atoms with Gasteiger partial charge in [0.25, 0.3) is 0 Å². The van der Waals surface area contributed by atoms with E-state index in [2.05, 4.69) is 24.4 Å². The van der Waals surface area contributed by atoms with Gasteiger partial charge in [0.05, 0.1) is 12.5 Å². The summed E-state index contributed by atoms with van der Waals surface area (Å²) < 4.78 is 0. The van der Waals surface area contributed by atoms with Gasteiger partial charge < -0.3 is 10.4 Å². The quantitative estimate of drug-likeness (QED) is 0.844. The van der Waals surface area contributed by atoms with Crippen LogP contribution in [0.1, 0.15) is 24.8 Å². The number of carboxylic acid groups (broad SMARTS) is 1. The van der Waals surface area contributed by atoms with E-state index in [9.17, 15) is 9.59 Å². The van der Waals surface area contributed by atoms with Gasteiger partial charge in [0.2, 0.25) is 5.91 Å². The number of rotatable bonds is 5. The molecule has 0 radical (unpaired) electrons. The van der Waals surface area contributed by atoms with Crippen molar-refractivity contribution in [2.75, 3.05) is 19.6 Å². The van der Waals surface area contributed by atoms with E-state index in [-0.39, 0.29) is 18.2 Å². The lowest BCUT2D eigenvalue weighted by atomic mass is 9.98. The third-order valence-corrected chi connectivity index (χ3v) is 3.69. The molecule has 20 heavy (non-hydrogen) atoms. The van der Waals surface area contributed by atoms with Crippen molar-refractivity contribution in [1.82, 2.24) is 10.2 Å². The molecular weight excluding hydrogens is 256 g/mol. The molecule has 0 aliphatic carbocycles. The number of carbonyl (C=O) groups excluding carboxylic acids is 1. The van der Waals surface area contributed by atoms with E-state index in [0.29, 0.717) is 19.6 Å². The fraction of sp³-hybridized carbons (Fsp3) is 0.467. The van der Waals surface area contributed by atoms with Gasteiger partial charge in [0.1, 0.15) is 0 Å². The molecule has 1 heterocycles. The Balaban J connectivity index is 2.05. The maximum atomic E-state index is 11.8. The van der Waals surface area contributed by atoms with Crippen LogP contribution in [0.15, 0.2) is 30.3 Å². The minimum absolute atomic E-state index is 0.145. The van der Waals surface area contributed by atoms with Crippen molar-refractivity contribution in [3.8, 4) is 0 Å². The van der Waals surface area contributed by atoms with Crippen LogP contribution >= 0.6 is 0 Å². The number of piperazine rings is 1. The lowest BCUT2D eigenvalue weighted by Crippen LogP contribution is -2.56. The summed E-state index contributed by atoms with van der Waals surface area (Å²) in [7, 11) is 0. The third-order valence-electron chi connectivity index (χ3n) is 3.69. The topological polar surface area (TPSA) is 69.6 Å². The van der Waals surface area contributed by atoms with Crippen LogP contribution < -0.4 is 5.32 Å². The van der Waals surface area contributed by atoms with Crippen LogP contribution in [-0.2, 0) is 9.59 Å². The number of nitrogens with zero attached hydrogens (tertiary/aromatic N) is 1.